The second kappa shape index (κ2) is 6.18. The van der Waals surface area contributed by atoms with Crippen LogP contribution in [0.4, 0.5) is 0 Å². The first-order valence-corrected chi connectivity index (χ1v) is 9.22. The van der Waals surface area contributed by atoms with Crippen LogP contribution in [0, 0.1) is 5.92 Å². The Bertz CT molecular complexity index is 760. The average Bonchev–Trinajstić information content (AvgIpc) is 3.06. The number of nitrogens with one attached hydrogen (secondary N) is 1. The molecule has 1 aromatic carbocycles. The molecule has 5 nitrogen and oxygen atoms in total. The highest BCUT2D eigenvalue weighted by atomic mass is 32.1. The first-order valence-electron chi connectivity index (χ1n) is 8.41. The van der Waals surface area contributed by atoms with Gasteiger partial charge in [-0.05, 0) is 44.4 Å². The maximum absolute atomic E-state index is 12.6. The lowest BCUT2D eigenvalue weighted by atomic mass is 9.80. The molecule has 2 aromatic rings. The average molecular weight is 343 g/mol. The number of hydrogen-bond donors (Lipinski definition) is 2. The summed E-state index contributed by atoms with van der Waals surface area (Å²) < 4.78 is 0. The van der Waals surface area contributed by atoms with Crippen LogP contribution >= 0.6 is 11.3 Å². The van der Waals surface area contributed by atoms with Crippen molar-refractivity contribution in [3.8, 4) is 16.2 Å². The number of carbonyl (C=O) groups excluding carboxylic acids is 1. The zero-order valence-corrected chi connectivity index (χ0v) is 14.4. The van der Waals surface area contributed by atoms with Crippen LogP contribution in [-0.4, -0.2) is 46.1 Å². The number of hydrogen-bond acceptors (Lipinski definition) is 5. The van der Waals surface area contributed by atoms with Crippen molar-refractivity contribution in [2.24, 2.45) is 5.92 Å². The van der Waals surface area contributed by atoms with Gasteiger partial charge in [0.1, 0.15) is 5.75 Å². The minimum atomic E-state index is -0.104. The van der Waals surface area contributed by atoms with Crippen molar-refractivity contribution in [2.45, 2.75) is 31.8 Å². The summed E-state index contributed by atoms with van der Waals surface area (Å²) in [6.07, 6.45) is 3.98. The van der Waals surface area contributed by atoms with Gasteiger partial charge in [-0.25, -0.2) is 4.98 Å². The summed E-state index contributed by atoms with van der Waals surface area (Å²) in [6.45, 7) is 4.35. The predicted molar refractivity (Wildman–Crippen MR) is 94.2 cm³/mol. The summed E-state index contributed by atoms with van der Waals surface area (Å²) in [7, 11) is 0. The van der Waals surface area contributed by atoms with E-state index >= 15 is 0 Å². The summed E-state index contributed by atoms with van der Waals surface area (Å²) >= 11 is 1.32. The van der Waals surface area contributed by atoms with Crippen molar-refractivity contribution >= 4 is 17.2 Å². The number of benzene rings is 1. The van der Waals surface area contributed by atoms with Crippen LogP contribution in [0.3, 0.4) is 0 Å². The van der Waals surface area contributed by atoms with Crippen molar-refractivity contribution in [2.75, 3.05) is 13.1 Å². The van der Waals surface area contributed by atoms with Crippen LogP contribution in [0.5, 0.6) is 5.75 Å². The van der Waals surface area contributed by atoms with E-state index in [1.54, 1.807) is 18.3 Å². The van der Waals surface area contributed by atoms with Gasteiger partial charge < -0.3 is 10.4 Å². The molecule has 6 heteroatoms. The zero-order valence-electron chi connectivity index (χ0n) is 13.6. The van der Waals surface area contributed by atoms with Crippen LogP contribution in [0.25, 0.3) is 10.4 Å². The fourth-order valence-corrected chi connectivity index (χ4v) is 4.73. The van der Waals surface area contributed by atoms with E-state index in [-0.39, 0.29) is 17.7 Å². The summed E-state index contributed by atoms with van der Waals surface area (Å²) in [4.78, 5) is 20.1. The Morgan fingerprint density at radius 3 is 2.96 bits per heavy atom. The third-order valence-electron chi connectivity index (χ3n) is 5.24. The Hall–Kier alpha value is -1.92. The molecule has 3 unspecified atom stereocenters. The monoisotopic (exact) mass is 343 g/mol. The second-order valence-electron chi connectivity index (χ2n) is 6.76. The maximum atomic E-state index is 12.6. The zero-order chi connectivity index (χ0) is 16.7. The molecule has 0 saturated carbocycles. The van der Waals surface area contributed by atoms with Gasteiger partial charge >= 0.3 is 0 Å². The van der Waals surface area contributed by atoms with Crippen molar-refractivity contribution in [3.63, 3.8) is 0 Å². The molecule has 24 heavy (non-hydrogen) atoms. The Labute approximate surface area is 145 Å². The molecule has 5 rings (SSSR count). The van der Waals surface area contributed by atoms with E-state index in [4.69, 9.17) is 0 Å². The molecule has 3 aliphatic rings. The van der Waals surface area contributed by atoms with E-state index in [1.807, 2.05) is 12.1 Å². The van der Waals surface area contributed by atoms with Gasteiger partial charge in [0.25, 0.3) is 5.91 Å². The number of fused-ring (bicyclic) bond motifs is 3. The van der Waals surface area contributed by atoms with Gasteiger partial charge in [-0.2, -0.15) is 0 Å². The highest BCUT2D eigenvalue weighted by Gasteiger charge is 2.39. The molecule has 0 radical (unpaired) electrons. The molecule has 2 bridgehead atoms. The van der Waals surface area contributed by atoms with E-state index in [1.165, 1.54) is 11.3 Å². The fourth-order valence-electron chi connectivity index (χ4n) is 3.87. The van der Waals surface area contributed by atoms with Gasteiger partial charge in [0.05, 0.1) is 4.88 Å². The predicted octanol–water partition coefficient (Wildman–Crippen LogP) is 2.73. The molecule has 126 valence electrons. The normalized spacial score (nSPS) is 28.7. The quantitative estimate of drug-likeness (QED) is 0.899. The van der Waals surface area contributed by atoms with E-state index in [2.05, 4.69) is 22.1 Å². The van der Waals surface area contributed by atoms with Crippen molar-refractivity contribution in [1.82, 2.24) is 15.2 Å². The molecule has 0 aliphatic carbocycles. The van der Waals surface area contributed by atoms with Crippen molar-refractivity contribution in [1.29, 1.82) is 0 Å². The Morgan fingerprint density at radius 2 is 2.25 bits per heavy atom. The van der Waals surface area contributed by atoms with E-state index in [0.29, 0.717) is 22.5 Å². The number of phenolic OH excluding ortho intramolecular Hbond substituents is 1. The van der Waals surface area contributed by atoms with E-state index < -0.39 is 0 Å². The number of para-hydroxylation sites is 1. The molecule has 4 atom stereocenters. The molecule has 4 heterocycles. The molecule has 1 amide bonds. The van der Waals surface area contributed by atoms with Crippen molar-refractivity contribution < 1.29 is 9.90 Å². The van der Waals surface area contributed by atoms with Crippen LogP contribution in [0.1, 0.15) is 29.6 Å². The number of amides is 1. The molecule has 3 aliphatic heterocycles. The second-order valence-corrected chi connectivity index (χ2v) is 7.79. The molecular weight excluding hydrogens is 322 g/mol. The number of rotatable bonds is 3. The SMILES string of the molecule is CC1CC2CCN1C[C@@H]2NC(=O)c1ncc(-c2ccccc2O)s1. The van der Waals surface area contributed by atoms with Crippen LogP contribution in [-0.2, 0) is 0 Å². The van der Waals surface area contributed by atoms with Crippen LogP contribution in [0.15, 0.2) is 30.5 Å². The van der Waals surface area contributed by atoms with Crippen molar-refractivity contribution in [3.05, 3.63) is 35.5 Å². The highest BCUT2D eigenvalue weighted by molar-refractivity contribution is 7.17. The number of nitrogens with zero attached hydrogens (tertiary/aromatic N) is 2. The summed E-state index contributed by atoms with van der Waals surface area (Å²) in [5.41, 5.74) is 0.714. The largest absolute Gasteiger partial charge is 0.507 e. The molecule has 0 spiro atoms. The van der Waals surface area contributed by atoms with Gasteiger partial charge in [-0.15, -0.1) is 11.3 Å². The summed E-state index contributed by atoms with van der Waals surface area (Å²) in [6, 6.07) is 7.97. The number of aromatic nitrogens is 1. The number of phenols is 1. The van der Waals surface area contributed by atoms with E-state index in [9.17, 15) is 9.90 Å². The smallest absolute Gasteiger partial charge is 0.280 e. The van der Waals surface area contributed by atoms with Crippen LogP contribution < -0.4 is 5.32 Å². The van der Waals surface area contributed by atoms with E-state index in [0.717, 1.165) is 30.8 Å². The lowest BCUT2D eigenvalue weighted by Crippen LogP contribution is -2.60. The topological polar surface area (TPSA) is 65.5 Å². The van der Waals surface area contributed by atoms with Gasteiger partial charge in [-0.1, -0.05) is 12.1 Å². The number of carbonyl (C=O) groups is 1. The minimum Gasteiger partial charge on any atom is -0.507 e. The first kappa shape index (κ1) is 15.6. The number of thiazole rings is 1. The van der Waals surface area contributed by atoms with Gasteiger partial charge in [0, 0.05) is 30.4 Å². The Kier molecular flexibility index (Phi) is 4.02. The molecule has 2 N–H and O–H groups in total. The van der Waals surface area contributed by atoms with Crippen LogP contribution in [0.2, 0.25) is 0 Å². The maximum Gasteiger partial charge on any atom is 0.280 e. The standard InChI is InChI=1S/C18H21N3O2S/c1-11-8-12-6-7-21(11)10-14(12)20-17(23)18-19-9-16(24-18)13-4-2-3-5-15(13)22/h2-5,9,11-12,14,22H,6-8,10H2,1H3,(H,20,23)/t11?,12?,14-/m0/s1. The first-order chi connectivity index (χ1) is 11.6. The summed E-state index contributed by atoms with van der Waals surface area (Å²) in [5, 5.41) is 13.6. The Balaban J connectivity index is 1.47. The van der Waals surface area contributed by atoms with Gasteiger partial charge in [-0.3, -0.25) is 9.69 Å². The lowest BCUT2D eigenvalue weighted by molar-refractivity contribution is 0.0274. The molecular formula is C18H21N3O2S. The highest BCUT2D eigenvalue weighted by Crippen LogP contribution is 2.34. The lowest BCUT2D eigenvalue weighted by Gasteiger charge is -2.48. The fraction of sp³-hybridized carbons (Fsp3) is 0.444. The van der Waals surface area contributed by atoms with Gasteiger partial charge in [0.2, 0.25) is 0 Å². The summed E-state index contributed by atoms with van der Waals surface area (Å²) in [5.74, 6) is 0.680. The number of piperidine rings is 3. The molecule has 3 saturated heterocycles. The third kappa shape index (κ3) is 2.80. The number of aromatic hydroxyl groups is 1. The van der Waals surface area contributed by atoms with Gasteiger partial charge in [0.15, 0.2) is 5.01 Å². The molecule has 1 aromatic heterocycles. The third-order valence-corrected chi connectivity index (χ3v) is 6.27. The minimum absolute atomic E-state index is 0.104. The molecule has 3 fully saturated rings. The Morgan fingerprint density at radius 1 is 1.42 bits per heavy atom.